The Labute approximate surface area is 119 Å². The SMILES string of the molecule is C[C@@H]1C[C@@H](C)CN(S(=O)(=O)c2ccc(C(=O)O)cc2)C1. The largest absolute Gasteiger partial charge is 0.478 e. The van der Waals surface area contributed by atoms with Gasteiger partial charge in [0.25, 0.3) is 0 Å². The van der Waals surface area contributed by atoms with Crippen molar-refractivity contribution in [1.82, 2.24) is 4.31 Å². The third kappa shape index (κ3) is 3.02. The van der Waals surface area contributed by atoms with Crippen LogP contribution < -0.4 is 0 Å². The quantitative estimate of drug-likeness (QED) is 0.926. The van der Waals surface area contributed by atoms with Crippen LogP contribution in [0, 0.1) is 11.8 Å². The molecule has 1 heterocycles. The lowest BCUT2D eigenvalue weighted by Crippen LogP contribution is -2.42. The fraction of sp³-hybridized carbons (Fsp3) is 0.500. The van der Waals surface area contributed by atoms with E-state index in [1.807, 2.05) is 13.8 Å². The predicted octanol–water partition coefficient (Wildman–Crippen LogP) is 2.05. The van der Waals surface area contributed by atoms with E-state index in [1.54, 1.807) is 0 Å². The Bertz CT molecular complexity index is 584. The van der Waals surface area contributed by atoms with E-state index >= 15 is 0 Å². The molecule has 0 unspecified atom stereocenters. The predicted molar refractivity (Wildman–Crippen MR) is 75.1 cm³/mol. The molecule has 0 amide bonds. The number of hydrogen-bond donors (Lipinski definition) is 1. The standard InChI is InChI=1S/C14H19NO4S/c1-10-7-11(2)9-15(8-10)20(18,19)13-5-3-12(4-6-13)14(16)17/h3-6,10-11H,7-9H2,1-2H3,(H,16,17)/t10-,11-/m1/s1. The molecule has 1 saturated heterocycles. The summed E-state index contributed by atoms with van der Waals surface area (Å²) in [4.78, 5) is 10.9. The summed E-state index contributed by atoms with van der Waals surface area (Å²) in [6.07, 6.45) is 1.03. The Balaban J connectivity index is 2.27. The van der Waals surface area contributed by atoms with Gasteiger partial charge in [-0.2, -0.15) is 4.31 Å². The Hall–Kier alpha value is -1.40. The van der Waals surface area contributed by atoms with Crippen molar-refractivity contribution in [3.63, 3.8) is 0 Å². The van der Waals surface area contributed by atoms with Crippen LogP contribution >= 0.6 is 0 Å². The molecule has 0 saturated carbocycles. The van der Waals surface area contributed by atoms with Gasteiger partial charge in [-0.15, -0.1) is 0 Å². The van der Waals surface area contributed by atoms with Gasteiger partial charge in [-0.1, -0.05) is 13.8 Å². The molecule has 1 fully saturated rings. The van der Waals surface area contributed by atoms with Gasteiger partial charge in [-0.05, 0) is 42.5 Å². The minimum absolute atomic E-state index is 0.0873. The molecule has 0 aromatic heterocycles. The van der Waals surface area contributed by atoms with Crippen LogP contribution in [0.1, 0.15) is 30.6 Å². The van der Waals surface area contributed by atoms with Gasteiger partial charge in [0.15, 0.2) is 0 Å². The molecule has 5 nitrogen and oxygen atoms in total. The zero-order valence-corrected chi connectivity index (χ0v) is 12.4. The molecule has 20 heavy (non-hydrogen) atoms. The molecular formula is C14H19NO4S. The van der Waals surface area contributed by atoms with E-state index in [0.29, 0.717) is 24.9 Å². The first-order valence-electron chi connectivity index (χ1n) is 6.64. The van der Waals surface area contributed by atoms with Crippen LogP contribution in [-0.4, -0.2) is 36.9 Å². The molecule has 1 aliphatic heterocycles. The Morgan fingerprint density at radius 2 is 1.65 bits per heavy atom. The molecule has 6 heteroatoms. The molecule has 1 aromatic rings. The van der Waals surface area contributed by atoms with Gasteiger partial charge >= 0.3 is 5.97 Å². The van der Waals surface area contributed by atoms with Gasteiger partial charge in [0.05, 0.1) is 10.5 Å². The van der Waals surface area contributed by atoms with Crippen molar-refractivity contribution in [3.8, 4) is 0 Å². The summed E-state index contributed by atoms with van der Waals surface area (Å²) >= 11 is 0. The van der Waals surface area contributed by atoms with Crippen LogP contribution in [0.5, 0.6) is 0 Å². The number of nitrogens with zero attached hydrogens (tertiary/aromatic N) is 1. The van der Waals surface area contributed by atoms with Crippen LogP contribution in [0.2, 0.25) is 0 Å². The number of sulfonamides is 1. The van der Waals surface area contributed by atoms with Gasteiger partial charge in [-0.25, -0.2) is 13.2 Å². The second-order valence-corrected chi connectivity index (χ2v) is 7.54. The number of carbonyl (C=O) groups is 1. The molecule has 110 valence electrons. The molecular weight excluding hydrogens is 278 g/mol. The monoisotopic (exact) mass is 297 g/mol. The van der Waals surface area contributed by atoms with Gasteiger partial charge in [0, 0.05) is 13.1 Å². The average Bonchev–Trinajstić information content (AvgIpc) is 2.37. The van der Waals surface area contributed by atoms with E-state index < -0.39 is 16.0 Å². The molecule has 0 bridgehead atoms. The first kappa shape index (κ1) is 15.0. The van der Waals surface area contributed by atoms with Crippen molar-refractivity contribution < 1.29 is 18.3 Å². The molecule has 0 aliphatic carbocycles. The van der Waals surface area contributed by atoms with Gasteiger partial charge in [0.1, 0.15) is 0 Å². The fourth-order valence-electron chi connectivity index (χ4n) is 2.72. The van der Waals surface area contributed by atoms with Gasteiger partial charge in [-0.3, -0.25) is 0 Å². The highest BCUT2D eigenvalue weighted by Crippen LogP contribution is 2.26. The van der Waals surface area contributed by atoms with Gasteiger partial charge < -0.3 is 5.11 Å². The molecule has 2 atom stereocenters. The van der Waals surface area contributed by atoms with Gasteiger partial charge in [0.2, 0.25) is 10.0 Å². The fourth-order valence-corrected chi connectivity index (χ4v) is 4.40. The summed E-state index contributed by atoms with van der Waals surface area (Å²) in [5, 5.41) is 8.84. The maximum Gasteiger partial charge on any atom is 0.335 e. The van der Waals surface area contributed by atoms with Crippen molar-refractivity contribution in [2.45, 2.75) is 25.2 Å². The van der Waals surface area contributed by atoms with E-state index in [2.05, 4.69) is 0 Å². The summed E-state index contributed by atoms with van der Waals surface area (Å²) in [7, 11) is -3.53. The zero-order chi connectivity index (χ0) is 14.9. The molecule has 1 aliphatic rings. The number of aromatic carboxylic acids is 1. The number of hydrogen-bond acceptors (Lipinski definition) is 3. The van der Waals surface area contributed by atoms with E-state index in [-0.39, 0.29) is 10.5 Å². The summed E-state index contributed by atoms with van der Waals surface area (Å²) in [5.74, 6) is -0.382. The second-order valence-electron chi connectivity index (χ2n) is 5.60. The van der Waals surface area contributed by atoms with Crippen molar-refractivity contribution in [2.75, 3.05) is 13.1 Å². The molecule has 0 spiro atoms. The molecule has 2 rings (SSSR count). The molecule has 1 aromatic carbocycles. The first-order valence-corrected chi connectivity index (χ1v) is 8.08. The molecule has 0 radical (unpaired) electrons. The maximum atomic E-state index is 12.5. The summed E-state index contributed by atoms with van der Waals surface area (Å²) < 4.78 is 26.6. The van der Waals surface area contributed by atoms with Crippen molar-refractivity contribution in [1.29, 1.82) is 0 Å². The zero-order valence-electron chi connectivity index (χ0n) is 11.6. The number of rotatable bonds is 3. The number of benzene rings is 1. The van der Waals surface area contributed by atoms with Crippen LogP contribution in [0.3, 0.4) is 0 Å². The maximum absolute atomic E-state index is 12.5. The highest BCUT2D eigenvalue weighted by atomic mass is 32.2. The first-order chi connectivity index (χ1) is 9.30. The summed E-state index contributed by atoms with van der Waals surface area (Å²) in [6.45, 7) is 5.14. The van der Waals surface area contributed by atoms with Crippen molar-refractivity contribution in [3.05, 3.63) is 29.8 Å². The highest BCUT2D eigenvalue weighted by Gasteiger charge is 2.31. The average molecular weight is 297 g/mol. The smallest absolute Gasteiger partial charge is 0.335 e. The van der Waals surface area contributed by atoms with Crippen molar-refractivity contribution in [2.24, 2.45) is 11.8 Å². The van der Waals surface area contributed by atoms with E-state index in [1.165, 1.54) is 28.6 Å². The second kappa shape index (κ2) is 5.54. The highest BCUT2D eigenvalue weighted by molar-refractivity contribution is 7.89. The minimum Gasteiger partial charge on any atom is -0.478 e. The van der Waals surface area contributed by atoms with Crippen LogP contribution in [0.15, 0.2) is 29.2 Å². The normalized spacial score (nSPS) is 24.5. The Morgan fingerprint density at radius 3 is 2.10 bits per heavy atom. The lowest BCUT2D eigenvalue weighted by molar-refractivity contribution is 0.0696. The minimum atomic E-state index is -3.53. The molecule has 1 N–H and O–H groups in total. The topological polar surface area (TPSA) is 74.7 Å². The van der Waals surface area contributed by atoms with Crippen molar-refractivity contribution >= 4 is 16.0 Å². The van der Waals surface area contributed by atoms with E-state index in [0.717, 1.165) is 6.42 Å². The van der Waals surface area contributed by atoms with Crippen LogP contribution in [0.25, 0.3) is 0 Å². The Kier molecular flexibility index (Phi) is 4.15. The summed E-state index contributed by atoms with van der Waals surface area (Å²) in [5.41, 5.74) is 0.0873. The third-order valence-electron chi connectivity index (χ3n) is 3.57. The lowest BCUT2D eigenvalue weighted by Gasteiger charge is -2.34. The van der Waals surface area contributed by atoms with Crippen LogP contribution in [0.4, 0.5) is 0 Å². The number of carboxylic acids is 1. The summed E-state index contributed by atoms with van der Waals surface area (Å²) in [6, 6.07) is 5.38. The Morgan fingerprint density at radius 1 is 1.15 bits per heavy atom. The van der Waals surface area contributed by atoms with E-state index in [4.69, 9.17) is 5.11 Å². The lowest BCUT2D eigenvalue weighted by atomic mass is 9.94. The van der Waals surface area contributed by atoms with E-state index in [9.17, 15) is 13.2 Å². The van der Waals surface area contributed by atoms with Crippen LogP contribution in [-0.2, 0) is 10.0 Å². The third-order valence-corrected chi connectivity index (χ3v) is 5.42. The number of carboxylic acid groups (broad SMARTS) is 1. The number of piperidine rings is 1.